The van der Waals surface area contributed by atoms with E-state index in [2.05, 4.69) is 17.1 Å². The van der Waals surface area contributed by atoms with Crippen LogP contribution in [0.4, 0.5) is 0 Å². The van der Waals surface area contributed by atoms with Gasteiger partial charge in [0.05, 0.1) is 5.52 Å². The van der Waals surface area contributed by atoms with Crippen LogP contribution in [0.1, 0.15) is 62.9 Å². The largest absolute Gasteiger partial charge is 0.349 e. The standard InChI is InChI=1S/C22H29N3O2/c1-4-24-17-9-10-18(24)13-16(12-17)23-21(26)19-11-15-7-5-6-8-20(15)25(14(2)3)22(19)27/h5-8,11,14,16-18H,4,9-10,12-13H2,1-3H3,(H,23,26). The molecule has 2 saturated heterocycles. The highest BCUT2D eigenvalue weighted by atomic mass is 16.2. The Labute approximate surface area is 160 Å². The number of para-hydroxylation sites is 1. The summed E-state index contributed by atoms with van der Waals surface area (Å²) in [4.78, 5) is 28.6. The molecule has 5 heteroatoms. The third kappa shape index (κ3) is 3.18. The Bertz CT molecular complexity index is 903. The lowest BCUT2D eigenvalue weighted by Gasteiger charge is -2.38. The van der Waals surface area contributed by atoms with E-state index >= 15 is 0 Å². The van der Waals surface area contributed by atoms with Gasteiger partial charge in [0.25, 0.3) is 11.5 Å². The van der Waals surface area contributed by atoms with E-state index in [0.717, 1.165) is 30.3 Å². The van der Waals surface area contributed by atoms with Crippen LogP contribution in [0.5, 0.6) is 0 Å². The van der Waals surface area contributed by atoms with Gasteiger partial charge in [-0.15, -0.1) is 0 Å². The minimum Gasteiger partial charge on any atom is -0.349 e. The molecule has 1 aromatic heterocycles. The Morgan fingerprint density at radius 3 is 2.48 bits per heavy atom. The summed E-state index contributed by atoms with van der Waals surface area (Å²) in [7, 11) is 0. The number of fused-ring (bicyclic) bond motifs is 3. The summed E-state index contributed by atoms with van der Waals surface area (Å²) in [6, 6.07) is 10.8. The van der Waals surface area contributed by atoms with Crippen molar-refractivity contribution in [1.82, 2.24) is 14.8 Å². The fraction of sp³-hybridized carbons (Fsp3) is 0.545. The zero-order valence-corrected chi connectivity index (χ0v) is 16.4. The van der Waals surface area contributed by atoms with Gasteiger partial charge in [0.2, 0.25) is 0 Å². The molecule has 0 saturated carbocycles. The van der Waals surface area contributed by atoms with Crippen molar-refractivity contribution in [3.05, 3.63) is 46.2 Å². The van der Waals surface area contributed by atoms with Crippen LogP contribution in [0.25, 0.3) is 10.9 Å². The molecule has 2 aliphatic heterocycles. The minimum atomic E-state index is -0.227. The number of rotatable bonds is 4. The minimum absolute atomic E-state index is 0.00112. The Kier molecular flexibility index (Phi) is 4.81. The summed E-state index contributed by atoms with van der Waals surface area (Å²) >= 11 is 0. The van der Waals surface area contributed by atoms with E-state index in [0.29, 0.717) is 12.1 Å². The fourth-order valence-corrected chi connectivity index (χ4v) is 5.13. The van der Waals surface area contributed by atoms with Crippen LogP contribution in [0.3, 0.4) is 0 Å². The molecule has 1 amide bonds. The second kappa shape index (κ2) is 7.12. The Hall–Kier alpha value is -2.14. The second-order valence-electron chi connectivity index (χ2n) is 8.24. The number of amides is 1. The number of hydrogen-bond donors (Lipinski definition) is 1. The molecule has 2 aromatic rings. The maximum Gasteiger partial charge on any atom is 0.264 e. The van der Waals surface area contributed by atoms with E-state index in [4.69, 9.17) is 0 Å². The van der Waals surface area contributed by atoms with Crippen molar-refractivity contribution in [2.45, 2.75) is 70.6 Å². The van der Waals surface area contributed by atoms with Gasteiger partial charge in [0, 0.05) is 24.2 Å². The maximum absolute atomic E-state index is 13.0. The first-order valence-corrected chi connectivity index (χ1v) is 10.2. The van der Waals surface area contributed by atoms with Gasteiger partial charge >= 0.3 is 0 Å². The molecule has 3 heterocycles. The Morgan fingerprint density at radius 1 is 1.19 bits per heavy atom. The van der Waals surface area contributed by atoms with Gasteiger partial charge in [0.15, 0.2) is 0 Å². The second-order valence-corrected chi connectivity index (χ2v) is 8.24. The molecular weight excluding hydrogens is 338 g/mol. The molecule has 1 aromatic carbocycles. The number of hydrogen-bond acceptors (Lipinski definition) is 3. The van der Waals surface area contributed by atoms with E-state index in [1.807, 2.05) is 38.1 Å². The summed E-state index contributed by atoms with van der Waals surface area (Å²) in [5.41, 5.74) is 0.936. The first-order chi connectivity index (χ1) is 13.0. The molecule has 27 heavy (non-hydrogen) atoms. The number of benzene rings is 1. The molecule has 2 unspecified atom stereocenters. The van der Waals surface area contributed by atoms with E-state index < -0.39 is 0 Å². The van der Waals surface area contributed by atoms with Crippen LogP contribution in [0.15, 0.2) is 35.1 Å². The monoisotopic (exact) mass is 367 g/mol. The molecular formula is C22H29N3O2. The lowest BCUT2D eigenvalue weighted by Crippen LogP contribution is -2.50. The van der Waals surface area contributed by atoms with Crippen LogP contribution < -0.4 is 10.9 Å². The van der Waals surface area contributed by atoms with E-state index in [-0.39, 0.29) is 29.1 Å². The molecule has 4 rings (SSSR count). The number of piperidine rings is 1. The summed E-state index contributed by atoms with van der Waals surface area (Å²) in [5, 5.41) is 4.10. The summed E-state index contributed by atoms with van der Waals surface area (Å²) in [6.45, 7) is 7.26. The van der Waals surface area contributed by atoms with Gasteiger partial charge in [-0.1, -0.05) is 25.1 Å². The van der Waals surface area contributed by atoms with Crippen LogP contribution in [0.2, 0.25) is 0 Å². The molecule has 5 nitrogen and oxygen atoms in total. The summed E-state index contributed by atoms with van der Waals surface area (Å²) < 4.78 is 1.73. The zero-order chi connectivity index (χ0) is 19.1. The van der Waals surface area contributed by atoms with Gasteiger partial charge in [0.1, 0.15) is 5.56 Å². The number of aromatic nitrogens is 1. The average Bonchev–Trinajstić information content (AvgIpc) is 2.89. The molecule has 1 N–H and O–H groups in total. The fourth-order valence-electron chi connectivity index (χ4n) is 5.13. The van der Waals surface area contributed by atoms with Gasteiger partial charge in [-0.05, 0) is 63.6 Å². The third-order valence-corrected chi connectivity index (χ3v) is 6.29. The van der Waals surface area contributed by atoms with E-state index in [9.17, 15) is 9.59 Å². The van der Waals surface area contributed by atoms with Gasteiger partial charge < -0.3 is 9.88 Å². The highest BCUT2D eigenvalue weighted by Crippen LogP contribution is 2.35. The van der Waals surface area contributed by atoms with Crippen LogP contribution in [-0.4, -0.2) is 40.0 Å². The number of carbonyl (C=O) groups is 1. The first-order valence-electron chi connectivity index (χ1n) is 10.2. The Morgan fingerprint density at radius 2 is 1.85 bits per heavy atom. The average molecular weight is 367 g/mol. The topological polar surface area (TPSA) is 54.3 Å². The molecule has 2 fully saturated rings. The molecule has 0 radical (unpaired) electrons. The van der Waals surface area contributed by atoms with Crippen molar-refractivity contribution in [1.29, 1.82) is 0 Å². The number of nitrogens with zero attached hydrogens (tertiary/aromatic N) is 2. The van der Waals surface area contributed by atoms with Crippen molar-refractivity contribution < 1.29 is 4.79 Å². The number of pyridine rings is 1. The van der Waals surface area contributed by atoms with Crippen LogP contribution in [-0.2, 0) is 0 Å². The molecule has 2 aliphatic rings. The highest BCUT2D eigenvalue weighted by molar-refractivity contribution is 5.97. The molecule has 0 aliphatic carbocycles. The van der Waals surface area contributed by atoms with Gasteiger partial charge in [-0.25, -0.2) is 0 Å². The lowest BCUT2D eigenvalue weighted by molar-refractivity contribution is 0.0855. The predicted octanol–water partition coefficient (Wildman–Crippen LogP) is 3.33. The smallest absolute Gasteiger partial charge is 0.264 e. The highest BCUT2D eigenvalue weighted by Gasteiger charge is 2.40. The van der Waals surface area contributed by atoms with E-state index in [1.165, 1.54) is 12.8 Å². The number of nitrogens with one attached hydrogen (secondary N) is 1. The lowest BCUT2D eigenvalue weighted by atomic mass is 9.97. The first kappa shape index (κ1) is 18.2. The predicted molar refractivity (Wildman–Crippen MR) is 108 cm³/mol. The maximum atomic E-state index is 13.0. The van der Waals surface area contributed by atoms with Crippen molar-refractivity contribution in [3.63, 3.8) is 0 Å². The van der Waals surface area contributed by atoms with Crippen LogP contribution >= 0.6 is 0 Å². The normalized spacial score (nSPS) is 25.3. The van der Waals surface area contributed by atoms with Gasteiger partial charge in [-0.2, -0.15) is 0 Å². The summed E-state index contributed by atoms with van der Waals surface area (Å²) in [6.07, 6.45) is 4.42. The Balaban J connectivity index is 1.62. The van der Waals surface area contributed by atoms with Crippen molar-refractivity contribution in [2.75, 3.05) is 6.54 Å². The van der Waals surface area contributed by atoms with Crippen molar-refractivity contribution in [2.24, 2.45) is 0 Å². The molecule has 0 spiro atoms. The SMILES string of the molecule is CCN1C2CCC1CC(NC(=O)c1cc3ccccc3n(C(C)C)c1=O)C2. The zero-order valence-electron chi connectivity index (χ0n) is 16.4. The van der Waals surface area contributed by atoms with Crippen molar-refractivity contribution in [3.8, 4) is 0 Å². The quantitative estimate of drug-likeness (QED) is 0.902. The van der Waals surface area contributed by atoms with Crippen molar-refractivity contribution >= 4 is 16.8 Å². The molecule has 144 valence electrons. The van der Waals surface area contributed by atoms with Crippen LogP contribution in [0, 0.1) is 0 Å². The van der Waals surface area contributed by atoms with E-state index in [1.54, 1.807) is 10.6 Å². The summed E-state index contributed by atoms with van der Waals surface area (Å²) in [5.74, 6) is -0.227. The van der Waals surface area contributed by atoms with Gasteiger partial charge in [-0.3, -0.25) is 14.5 Å². The molecule has 2 bridgehead atoms. The molecule has 2 atom stereocenters. The number of carbonyl (C=O) groups excluding carboxylic acids is 1. The third-order valence-electron chi connectivity index (χ3n) is 6.29.